The van der Waals surface area contributed by atoms with Crippen molar-refractivity contribution in [3.05, 3.63) is 10.1 Å². The summed E-state index contributed by atoms with van der Waals surface area (Å²) in [5.41, 5.74) is -1.58. The number of hydrogen-bond donors (Lipinski definition) is 0. The second-order valence-corrected chi connectivity index (χ2v) is 5.41. The van der Waals surface area contributed by atoms with Gasteiger partial charge in [-0.05, 0) is 31.6 Å². The predicted molar refractivity (Wildman–Crippen MR) is 54.3 cm³/mol. The summed E-state index contributed by atoms with van der Waals surface area (Å²) in [7, 11) is 0. The monoisotopic (exact) mass is 225 g/mol. The lowest BCUT2D eigenvalue weighted by Crippen LogP contribution is -2.38. The maximum atomic E-state index is 11.8. The molecule has 16 heavy (non-hydrogen) atoms. The number of nitrogens with zero attached hydrogens (tertiary/aromatic N) is 1. The largest absolute Gasteiger partial charge is 0.461 e. The molecule has 0 aliphatic heterocycles. The predicted octanol–water partition coefficient (Wildman–Crippen LogP) is 1.53. The van der Waals surface area contributed by atoms with Gasteiger partial charge in [0.15, 0.2) is 0 Å². The molecule has 0 aromatic rings. The lowest BCUT2D eigenvalue weighted by Gasteiger charge is -2.26. The van der Waals surface area contributed by atoms with E-state index in [1.807, 2.05) is 0 Å². The topological polar surface area (TPSA) is 69.4 Å². The number of esters is 1. The molecular weight excluding hydrogens is 210 g/mol. The zero-order chi connectivity index (χ0) is 11.6. The Kier molecular flexibility index (Phi) is 1.62. The summed E-state index contributed by atoms with van der Waals surface area (Å²) >= 11 is 0. The van der Waals surface area contributed by atoms with E-state index in [1.165, 1.54) is 0 Å². The highest BCUT2D eigenvalue weighted by atomic mass is 16.6. The van der Waals surface area contributed by atoms with Crippen LogP contribution in [0.1, 0.15) is 39.0 Å². The maximum absolute atomic E-state index is 11.8. The normalized spacial score (nSPS) is 41.6. The molecule has 2 atom stereocenters. The third-order valence-electron chi connectivity index (χ3n) is 4.99. The maximum Gasteiger partial charge on any atom is 0.385 e. The van der Waals surface area contributed by atoms with Crippen LogP contribution in [0.4, 0.5) is 0 Å². The van der Waals surface area contributed by atoms with E-state index >= 15 is 0 Å². The van der Waals surface area contributed by atoms with Crippen LogP contribution in [-0.4, -0.2) is 23.0 Å². The van der Waals surface area contributed by atoms with Crippen molar-refractivity contribution in [3.8, 4) is 0 Å². The van der Waals surface area contributed by atoms with Gasteiger partial charge in [0.25, 0.3) is 0 Å². The fraction of sp³-hybridized carbons (Fsp3) is 0.909. The molecule has 3 aliphatic carbocycles. The van der Waals surface area contributed by atoms with Crippen LogP contribution in [0.25, 0.3) is 0 Å². The number of hydrogen-bond acceptors (Lipinski definition) is 4. The van der Waals surface area contributed by atoms with E-state index < -0.39 is 16.4 Å². The molecule has 0 aromatic carbocycles. The van der Waals surface area contributed by atoms with E-state index in [0.29, 0.717) is 6.42 Å². The Morgan fingerprint density at radius 2 is 2.12 bits per heavy atom. The molecule has 5 heteroatoms. The SMILES string of the molecule is CCOC(=O)C1([N+](=O)[O-])CC12CC21CCC1. The summed E-state index contributed by atoms with van der Waals surface area (Å²) in [5.74, 6) is -0.608. The van der Waals surface area contributed by atoms with Gasteiger partial charge in [0.05, 0.1) is 12.0 Å². The first kappa shape index (κ1) is 10.1. The van der Waals surface area contributed by atoms with Crippen LogP contribution in [0.2, 0.25) is 0 Å². The van der Waals surface area contributed by atoms with Crippen LogP contribution in [0.15, 0.2) is 0 Å². The van der Waals surface area contributed by atoms with Crippen LogP contribution in [-0.2, 0) is 9.53 Å². The first-order valence-electron chi connectivity index (χ1n) is 5.86. The van der Waals surface area contributed by atoms with Crippen molar-refractivity contribution in [2.45, 2.75) is 44.6 Å². The fourth-order valence-corrected chi connectivity index (χ4v) is 3.85. The van der Waals surface area contributed by atoms with Crippen LogP contribution >= 0.6 is 0 Å². The number of carbonyl (C=O) groups is 1. The fourth-order valence-electron chi connectivity index (χ4n) is 3.85. The molecule has 2 spiro atoms. The van der Waals surface area contributed by atoms with E-state index in [9.17, 15) is 14.9 Å². The molecule has 3 rings (SSSR count). The van der Waals surface area contributed by atoms with Crippen molar-refractivity contribution in [2.75, 3.05) is 6.61 Å². The Morgan fingerprint density at radius 1 is 1.44 bits per heavy atom. The molecule has 0 aromatic heterocycles. The van der Waals surface area contributed by atoms with Crippen molar-refractivity contribution in [1.82, 2.24) is 0 Å². The van der Waals surface area contributed by atoms with Gasteiger partial charge in [-0.1, -0.05) is 6.42 Å². The van der Waals surface area contributed by atoms with Gasteiger partial charge in [0.1, 0.15) is 0 Å². The van der Waals surface area contributed by atoms with Crippen LogP contribution in [0, 0.1) is 20.9 Å². The Hall–Kier alpha value is -1.13. The molecule has 0 N–H and O–H groups in total. The van der Waals surface area contributed by atoms with Crippen molar-refractivity contribution < 1.29 is 14.5 Å². The van der Waals surface area contributed by atoms with E-state index in [4.69, 9.17) is 4.74 Å². The highest BCUT2D eigenvalue weighted by Gasteiger charge is 2.98. The second-order valence-electron chi connectivity index (χ2n) is 5.41. The molecule has 88 valence electrons. The zero-order valence-corrected chi connectivity index (χ0v) is 9.32. The minimum Gasteiger partial charge on any atom is -0.461 e. The van der Waals surface area contributed by atoms with E-state index in [-0.39, 0.29) is 17.4 Å². The third-order valence-corrected chi connectivity index (χ3v) is 4.99. The summed E-state index contributed by atoms with van der Waals surface area (Å²) in [6, 6.07) is 0. The molecule has 3 saturated carbocycles. The number of nitro groups is 1. The van der Waals surface area contributed by atoms with Crippen LogP contribution in [0.3, 0.4) is 0 Å². The summed E-state index contributed by atoms with van der Waals surface area (Å²) in [6.07, 6.45) is 4.54. The lowest BCUT2D eigenvalue weighted by atomic mass is 9.78. The van der Waals surface area contributed by atoms with Crippen LogP contribution in [0.5, 0.6) is 0 Å². The number of fused-ring (bicyclic) bond motifs is 1. The van der Waals surface area contributed by atoms with E-state index in [1.54, 1.807) is 6.92 Å². The van der Waals surface area contributed by atoms with Gasteiger partial charge in [-0.3, -0.25) is 10.1 Å². The number of carbonyl (C=O) groups excluding carboxylic acids is 1. The summed E-state index contributed by atoms with van der Waals surface area (Å²) in [4.78, 5) is 22.6. The van der Waals surface area contributed by atoms with E-state index in [0.717, 1.165) is 25.7 Å². The molecule has 0 saturated heterocycles. The zero-order valence-electron chi connectivity index (χ0n) is 9.32. The average Bonchev–Trinajstić information content (AvgIpc) is 3.01. The number of rotatable bonds is 3. The minimum atomic E-state index is -1.39. The minimum absolute atomic E-state index is 0.132. The third kappa shape index (κ3) is 0.791. The summed E-state index contributed by atoms with van der Waals surface area (Å²) in [6.45, 7) is 1.91. The molecule has 3 aliphatic rings. The molecule has 3 fully saturated rings. The standard InChI is InChI=1S/C11H15NO4/c1-2-16-8(13)11(12(14)15)7-10(11)6-9(10)4-3-5-9/h2-7H2,1H3. The molecular formula is C11H15NO4. The molecule has 0 amide bonds. The Balaban J connectivity index is 1.86. The number of ether oxygens (including phenoxy) is 1. The van der Waals surface area contributed by atoms with Gasteiger partial charge in [-0.15, -0.1) is 0 Å². The Bertz CT molecular complexity index is 389. The Morgan fingerprint density at radius 3 is 2.50 bits per heavy atom. The van der Waals surface area contributed by atoms with Gasteiger partial charge < -0.3 is 4.74 Å². The van der Waals surface area contributed by atoms with Gasteiger partial charge in [0.2, 0.25) is 0 Å². The molecule has 0 radical (unpaired) electrons. The Labute approximate surface area is 93.3 Å². The molecule has 2 unspecified atom stereocenters. The first-order chi connectivity index (χ1) is 7.55. The van der Waals surface area contributed by atoms with Crippen molar-refractivity contribution >= 4 is 5.97 Å². The van der Waals surface area contributed by atoms with Crippen molar-refractivity contribution in [3.63, 3.8) is 0 Å². The van der Waals surface area contributed by atoms with Gasteiger partial charge in [-0.25, -0.2) is 4.79 Å². The smallest absolute Gasteiger partial charge is 0.385 e. The van der Waals surface area contributed by atoms with Gasteiger partial charge >= 0.3 is 11.5 Å². The van der Waals surface area contributed by atoms with Crippen molar-refractivity contribution in [1.29, 1.82) is 0 Å². The quantitative estimate of drug-likeness (QED) is 0.415. The highest BCUT2D eigenvalue weighted by Crippen LogP contribution is 2.89. The van der Waals surface area contributed by atoms with Gasteiger partial charge in [-0.2, -0.15) is 0 Å². The summed E-state index contributed by atoms with van der Waals surface area (Å²) < 4.78 is 4.89. The summed E-state index contributed by atoms with van der Waals surface area (Å²) in [5, 5.41) is 11.2. The van der Waals surface area contributed by atoms with Gasteiger partial charge in [0, 0.05) is 11.3 Å². The van der Waals surface area contributed by atoms with E-state index in [2.05, 4.69) is 0 Å². The highest BCUT2D eigenvalue weighted by molar-refractivity contribution is 5.86. The first-order valence-corrected chi connectivity index (χ1v) is 5.86. The molecule has 5 nitrogen and oxygen atoms in total. The lowest BCUT2D eigenvalue weighted by molar-refractivity contribution is -0.531. The molecule has 0 bridgehead atoms. The molecule has 0 heterocycles. The second kappa shape index (κ2) is 2.57. The van der Waals surface area contributed by atoms with Crippen LogP contribution < -0.4 is 0 Å². The average molecular weight is 225 g/mol. The van der Waals surface area contributed by atoms with Crippen molar-refractivity contribution in [2.24, 2.45) is 10.8 Å².